The zero-order chi connectivity index (χ0) is 13.7. The van der Waals surface area contributed by atoms with E-state index in [0.29, 0.717) is 0 Å². The van der Waals surface area contributed by atoms with E-state index in [2.05, 4.69) is 35.7 Å². The summed E-state index contributed by atoms with van der Waals surface area (Å²) in [4.78, 5) is 0. The maximum atomic E-state index is 5.26. The van der Waals surface area contributed by atoms with Gasteiger partial charge in [-0.05, 0) is 38.1 Å². The topological polar surface area (TPSA) is 39.1 Å². The third-order valence-corrected chi connectivity index (χ3v) is 3.30. The lowest BCUT2D eigenvalue weighted by Gasteiger charge is -2.15. The monoisotopic (exact) mass is 259 g/mol. The van der Waals surface area contributed by atoms with Gasteiger partial charge in [0.2, 0.25) is 0 Å². The average molecular weight is 259 g/mol. The quantitative estimate of drug-likeness (QED) is 0.866. The molecule has 0 fully saturated rings. The van der Waals surface area contributed by atoms with Crippen molar-refractivity contribution in [2.45, 2.75) is 25.9 Å². The van der Waals surface area contributed by atoms with E-state index in [0.717, 1.165) is 18.7 Å². The molecule has 0 radical (unpaired) electrons. The highest BCUT2D eigenvalue weighted by Gasteiger charge is 2.12. The molecule has 0 aliphatic carbocycles. The molecule has 0 aliphatic heterocycles. The van der Waals surface area contributed by atoms with Gasteiger partial charge in [0.15, 0.2) is 0 Å². The van der Waals surface area contributed by atoms with Crippen LogP contribution in [0.2, 0.25) is 0 Å². The third-order valence-electron chi connectivity index (χ3n) is 3.30. The first-order valence-corrected chi connectivity index (χ1v) is 6.59. The van der Waals surface area contributed by atoms with Crippen LogP contribution in [0.5, 0.6) is 5.75 Å². The minimum absolute atomic E-state index is 0.271. The highest BCUT2D eigenvalue weighted by atomic mass is 16.5. The Morgan fingerprint density at radius 3 is 2.89 bits per heavy atom. The first-order valence-electron chi connectivity index (χ1n) is 6.59. The lowest BCUT2D eigenvalue weighted by atomic mass is 10.0. The van der Waals surface area contributed by atoms with E-state index < -0.39 is 0 Å². The number of rotatable bonds is 6. The van der Waals surface area contributed by atoms with Gasteiger partial charge in [-0.3, -0.25) is 4.68 Å². The second-order valence-electron chi connectivity index (χ2n) is 4.53. The number of aromatic nitrogens is 2. The maximum absolute atomic E-state index is 5.26. The van der Waals surface area contributed by atoms with Crippen LogP contribution in [0.25, 0.3) is 0 Å². The molecule has 1 aromatic carbocycles. The first kappa shape index (κ1) is 13.6. The molecule has 0 aliphatic rings. The van der Waals surface area contributed by atoms with Crippen LogP contribution in [-0.2, 0) is 13.0 Å². The van der Waals surface area contributed by atoms with Gasteiger partial charge in [-0.2, -0.15) is 5.10 Å². The Morgan fingerprint density at radius 1 is 1.42 bits per heavy atom. The molecule has 0 saturated carbocycles. The van der Waals surface area contributed by atoms with Crippen LogP contribution >= 0.6 is 0 Å². The molecular formula is C15H21N3O. The van der Waals surface area contributed by atoms with Crippen molar-refractivity contribution in [2.24, 2.45) is 0 Å². The molecule has 0 spiro atoms. The summed E-state index contributed by atoms with van der Waals surface area (Å²) in [6.45, 7) is 2.99. The molecule has 0 saturated heterocycles. The van der Waals surface area contributed by atoms with Crippen molar-refractivity contribution >= 4 is 0 Å². The van der Waals surface area contributed by atoms with Crippen LogP contribution in [0.15, 0.2) is 36.7 Å². The van der Waals surface area contributed by atoms with E-state index in [-0.39, 0.29) is 6.04 Å². The van der Waals surface area contributed by atoms with E-state index in [1.165, 1.54) is 11.1 Å². The predicted molar refractivity (Wildman–Crippen MR) is 76.4 cm³/mol. The van der Waals surface area contributed by atoms with Gasteiger partial charge in [-0.15, -0.1) is 0 Å². The number of nitrogens with zero attached hydrogens (tertiary/aromatic N) is 2. The summed E-state index contributed by atoms with van der Waals surface area (Å²) in [5.74, 6) is 0.900. The van der Waals surface area contributed by atoms with Gasteiger partial charge >= 0.3 is 0 Å². The minimum Gasteiger partial charge on any atom is -0.497 e. The van der Waals surface area contributed by atoms with Crippen LogP contribution in [0, 0.1) is 0 Å². The van der Waals surface area contributed by atoms with Crippen molar-refractivity contribution in [1.82, 2.24) is 15.1 Å². The first-order chi connectivity index (χ1) is 9.26. The van der Waals surface area contributed by atoms with Crippen LogP contribution in [-0.4, -0.2) is 23.9 Å². The molecule has 102 valence electrons. The van der Waals surface area contributed by atoms with Crippen LogP contribution in [0.3, 0.4) is 0 Å². The molecule has 1 heterocycles. The van der Waals surface area contributed by atoms with Gasteiger partial charge < -0.3 is 10.1 Å². The van der Waals surface area contributed by atoms with Crippen molar-refractivity contribution in [3.05, 3.63) is 47.8 Å². The lowest BCUT2D eigenvalue weighted by Crippen LogP contribution is -2.18. The second kappa shape index (κ2) is 6.38. The lowest BCUT2D eigenvalue weighted by molar-refractivity contribution is 0.414. The number of nitrogens with one attached hydrogen (secondary N) is 1. The number of hydrogen-bond donors (Lipinski definition) is 1. The van der Waals surface area contributed by atoms with Gasteiger partial charge in [0, 0.05) is 24.3 Å². The number of aryl methyl sites for hydroxylation is 1. The Labute approximate surface area is 114 Å². The number of hydrogen-bond acceptors (Lipinski definition) is 3. The fourth-order valence-corrected chi connectivity index (χ4v) is 2.15. The van der Waals surface area contributed by atoms with Crippen molar-refractivity contribution < 1.29 is 4.74 Å². The number of benzene rings is 1. The molecule has 0 amide bonds. The summed E-state index contributed by atoms with van der Waals surface area (Å²) < 4.78 is 7.21. The smallest absolute Gasteiger partial charge is 0.119 e. The molecule has 1 aromatic heterocycles. The molecule has 2 rings (SSSR count). The van der Waals surface area contributed by atoms with Crippen LogP contribution in [0.4, 0.5) is 0 Å². The fraction of sp³-hybridized carbons (Fsp3) is 0.400. The molecule has 0 bridgehead atoms. The van der Waals surface area contributed by atoms with E-state index in [9.17, 15) is 0 Å². The Balaban J connectivity index is 2.13. The molecular weight excluding hydrogens is 238 g/mol. The number of methoxy groups -OCH3 is 1. The van der Waals surface area contributed by atoms with Crippen molar-refractivity contribution in [3.63, 3.8) is 0 Å². The summed E-state index contributed by atoms with van der Waals surface area (Å²) in [5.41, 5.74) is 2.47. The number of likely N-dealkylation sites (N-methyl/N-ethyl adjacent to an activating group) is 1. The summed E-state index contributed by atoms with van der Waals surface area (Å²) in [5, 5.41) is 7.68. The summed E-state index contributed by atoms with van der Waals surface area (Å²) >= 11 is 0. The maximum Gasteiger partial charge on any atom is 0.119 e. The zero-order valence-corrected chi connectivity index (χ0v) is 11.8. The van der Waals surface area contributed by atoms with E-state index in [4.69, 9.17) is 4.74 Å². The standard InChI is InChI=1S/C15H21N3O/c1-4-18-11-13(10-17-18)15(16-2)9-12-6-5-7-14(8-12)19-3/h5-8,10-11,15-16H,4,9H2,1-3H3. The number of ether oxygens (including phenoxy) is 1. The average Bonchev–Trinajstić information content (AvgIpc) is 2.93. The third kappa shape index (κ3) is 3.35. The molecule has 1 atom stereocenters. The Kier molecular flexibility index (Phi) is 4.58. The van der Waals surface area contributed by atoms with Gasteiger partial charge in [-0.1, -0.05) is 12.1 Å². The van der Waals surface area contributed by atoms with Gasteiger partial charge in [0.05, 0.1) is 13.3 Å². The molecule has 19 heavy (non-hydrogen) atoms. The van der Waals surface area contributed by atoms with E-state index >= 15 is 0 Å². The minimum atomic E-state index is 0.271. The van der Waals surface area contributed by atoms with Crippen LogP contribution < -0.4 is 10.1 Å². The normalized spacial score (nSPS) is 12.4. The SMILES string of the molecule is CCn1cc(C(Cc2cccc(OC)c2)NC)cn1. The second-order valence-corrected chi connectivity index (χ2v) is 4.53. The molecule has 1 unspecified atom stereocenters. The Hall–Kier alpha value is -1.81. The highest BCUT2D eigenvalue weighted by molar-refractivity contribution is 5.30. The van der Waals surface area contributed by atoms with E-state index in [1.807, 2.05) is 30.1 Å². The highest BCUT2D eigenvalue weighted by Crippen LogP contribution is 2.20. The van der Waals surface area contributed by atoms with Crippen LogP contribution in [0.1, 0.15) is 24.1 Å². The van der Waals surface area contributed by atoms with Crippen molar-refractivity contribution in [2.75, 3.05) is 14.2 Å². The molecule has 1 N–H and O–H groups in total. The summed E-state index contributed by atoms with van der Waals surface area (Å²) in [6.07, 6.45) is 4.95. The van der Waals surface area contributed by atoms with Gasteiger partial charge in [-0.25, -0.2) is 0 Å². The molecule has 4 heteroatoms. The molecule has 4 nitrogen and oxygen atoms in total. The zero-order valence-electron chi connectivity index (χ0n) is 11.8. The predicted octanol–water partition coefficient (Wildman–Crippen LogP) is 2.41. The van der Waals surface area contributed by atoms with E-state index in [1.54, 1.807) is 7.11 Å². The van der Waals surface area contributed by atoms with Crippen molar-refractivity contribution in [3.8, 4) is 5.75 Å². The summed E-state index contributed by atoms with van der Waals surface area (Å²) in [7, 11) is 3.67. The largest absolute Gasteiger partial charge is 0.497 e. The Bertz CT molecular complexity index is 522. The van der Waals surface area contributed by atoms with Gasteiger partial charge in [0.25, 0.3) is 0 Å². The summed E-state index contributed by atoms with van der Waals surface area (Å²) in [6, 6.07) is 8.46. The fourth-order valence-electron chi connectivity index (χ4n) is 2.15. The van der Waals surface area contributed by atoms with Gasteiger partial charge in [0.1, 0.15) is 5.75 Å². The molecule has 2 aromatic rings. The Morgan fingerprint density at radius 2 is 2.26 bits per heavy atom. The van der Waals surface area contributed by atoms with Crippen molar-refractivity contribution in [1.29, 1.82) is 0 Å².